The lowest BCUT2D eigenvalue weighted by atomic mass is 10.6. The SMILES string of the molecule is C=C(C)OC(=C)C.C=CCO. The van der Waals surface area contributed by atoms with Gasteiger partial charge in [-0.3, -0.25) is 0 Å². The molecule has 0 saturated heterocycles. The maximum atomic E-state index is 7.76. The Hall–Kier alpha value is -1.02. The number of rotatable bonds is 3. The van der Waals surface area contributed by atoms with Crippen LogP contribution in [0, 0.1) is 0 Å². The minimum Gasteiger partial charge on any atom is -0.468 e. The van der Waals surface area contributed by atoms with Crippen molar-refractivity contribution in [2.75, 3.05) is 6.61 Å². The molecule has 0 bridgehead atoms. The molecule has 11 heavy (non-hydrogen) atoms. The average Bonchev–Trinajstić information content (AvgIpc) is 1.85. The highest BCUT2D eigenvalue weighted by atomic mass is 16.5. The van der Waals surface area contributed by atoms with Crippen molar-refractivity contribution in [2.24, 2.45) is 0 Å². The van der Waals surface area contributed by atoms with E-state index in [1.165, 1.54) is 6.08 Å². The van der Waals surface area contributed by atoms with E-state index in [1.54, 1.807) is 13.8 Å². The summed E-state index contributed by atoms with van der Waals surface area (Å²) in [5.74, 6) is 1.38. The van der Waals surface area contributed by atoms with Crippen LogP contribution in [0.4, 0.5) is 0 Å². The predicted molar refractivity (Wildman–Crippen MR) is 48.0 cm³/mol. The van der Waals surface area contributed by atoms with E-state index in [2.05, 4.69) is 19.7 Å². The molecule has 2 nitrogen and oxygen atoms in total. The fourth-order valence-corrected chi connectivity index (χ4v) is 0.297. The molecule has 0 rings (SSSR count). The van der Waals surface area contributed by atoms with Crippen molar-refractivity contribution in [1.82, 2.24) is 0 Å². The molecule has 0 aromatic rings. The quantitative estimate of drug-likeness (QED) is 0.501. The summed E-state index contributed by atoms with van der Waals surface area (Å²) in [7, 11) is 0. The fraction of sp³-hybridized carbons (Fsp3) is 0.333. The van der Waals surface area contributed by atoms with Gasteiger partial charge in [0.15, 0.2) is 0 Å². The van der Waals surface area contributed by atoms with Crippen LogP contribution < -0.4 is 0 Å². The molecule has 0 aromatic carbocycles. The topological polar surface area (TPSA) is 29.5 Å². The van der Waals surface area contributed by atoms with E-state index in [1.807, 2.05) is 0 Å². The van der Waals surface area contributed by atoms with Gasteiger partial charge in [-0.1, -0.05) is 19.2 Å². The molecule has 64 valence electrons. The first-order chi connectivity index (χ1) is 5.04. The monoisotopic (exact) mass is 156 g/mol. The second kappa shape index (κ2) is 8.98. The van der Waals surface area contributed by atoms with Crippen molar-refractivity contribution in [3.63, 3.8) is 0 Å². The zero-order chi connectivity index (χ0) is 9.28. The number of allylic oxidation sites excluding steroid dienone is 2. The van der Waals surface area contributed by atoms with Crippen LogP contribution in [0.15, 0.2) is 37.3 Å². The Labute approximate surface area is 68.5 Å². The molecule has 0 saturated carbocycles. The lowest BCUT2D eigenvalue weighted by Crippen LogP contribution is -1.78. The lowest BCUT2D eigenvalue weighted by molar-refractivity contribution is 0.313. The summed E-state index contributed by atoms with van der Waals surface area (Å²) in [6.07, 6.45) is 1.43. The van der Waals surface area contributed by atoms with Crippen LogP contribution in [0.5, 0.6) is 0 Å². The summed E-state index contributed by atoms with van der Waals surface area (Å²) in [4.78, 5) is 0. The molecule has 0 fully saturated rings. The number of ether oxygens (including phenoxy) is 1. The van der Waals surface area contributed by atoms with Crippen LogP contribution in [0.25, 0.3) is 0 Å². The van der Waals surface area contributed by atoms with Gasteiger partial charge < -0.3 is 9.84 Å². The van der Waals surface area contributed by atoms with E-state index in [4.69, 9.17) is 9.84 Å². The van der Waals surface area contributed by atoms with Crippen molar-refractivity contribution >= 4 is 0 Å². The molecule has 2 heteroatoms. The van der Waals surface area contributed by atoms with Gasteiger partial charge in [0, 0.05) is 0 Å². The summed E-state index contributed by atoms with van der Waals surface area (Å²) in [5, 5.41) is 7.76. The van der Waals surface area contributed by atoms with Gasteiger partial charge in [-0.05, 0) is 13.8 Å². The summed E-state index contributed by atoms with van der Waals surface area (Å²) >= 11 is 0. The van der Waals surface area contributed by atoms with E-state index in [0.29, 0.717) is 11.5 Å². The summed E-state index contributed by atoms with van der Waals surface area (Å²) in [6.45, 7) is 13.9. The van der Waals surface area contributed by atoms with Gasteiger partial charge in [0.1, 0.15) is 0 Å². The van der Waals surface area contributed by atoms with Gasteiger partial charge in [0.25, 0.3) is 0 Å². The van der Waals surface area contributed by atoms with E-state index in [-0.39, 0.29) is 6.61 Å². The van der Waals surface area contributed by atoms with E-state index in [0.717, 1.165) is 0 Å². The Morgan fingerprint density at radius 2 is 1.64 bits per heavy atom. The highest BCUT2D eigenvalue weighted by Gasteiger charge is 1.80. The van der Waals surface area contributed by atoms with Crippen molar-refractivity contribution in [2.45, 2.75) is 13.8 Å². The van der Waals surface area contributed by atoms with Crippen LogP contribution in [0.1, 0.15) is 13.8 Å². The summed E-state index contributed by atoms with van der Waals surface area (Å²) < 4.78 is 4.86. The molecular formula is C9H16O2. The Morgan fingerprint density at radius 3 is 1.64 bits per heavy atom. The number of aliphatic hydroxyl groups excluding tert-OH is 1. The molecule has 0 amide bonds. The van der Waals surface area contributed by atoms with Crippen LogP contribution >= 0.6 is 0 Å². The zero-order valence-electron chi connectivity index (χ0n) is 7.26. The zero-order valence-corrected chi connectivity index (χ0v) is 7.26. The third-order valence-corrected chi connectivity index (χ3v) is 0.478. The third kappa shape index (κ3) is 27.6. The second-order valence-electron chi connectivity index (χ2n) is 1.98. The van der Waals surface area contributed by atoms with Crippen LogP contribution in [0.3, 0.4) is 0 Å². The van der Waals surface area contributed by atoms with Gasteiger partial charge in [0.2, 0.25) is 0 Å². The maximum absolute atomic E-state index is 7.76. The second-order valence-corrected chi connectivity index (χ2v) is 1.98. The van der Waals surface area contributed by atoms with Crippen molar-refractivity contribution < 1.29 is 9.84 Å². The van der Waals surface area contributed by atoms with Crippen LogP contribution in [-0.2, 0) is 4.74 Å². The van der Waals surface area contributed by atoms with E-state index < -0.39 is 0 Å². The Balaban J connectivity index is 0. The molecule has 0 aliphatic heterocycles. The van der Waals surface area contributed by atoms with Gasteiger partial charge in [-0.25, -0.2) is 0 Å². The molecular weight excluding hydrogens is 140 g/mol. The van der Waals surface area contributed by atoms with Gasteiger partial charge in [-0.2, -0.15) is 0 Å². The van der Waals surface area contributed by atoms with Crippen molar-refractivity contribution in [3.8, 4) is 0 Å². The minimum atomic E-state index is 0.0833. The molecule has 0 aromatic heterocycles. The van der Waals surface area contributed by atoms with Crippen molar-refractivity contribution in [1.29, 1.82) is 0 Å². The molecule has 0 aliphatic carbocycles. The Morgan fingerprint density at radius 1 is 1.36 bits per heavy atom. The number of hydrogen-bond donors (Lipinski definition) is 1. The molecule has 0 unspecified atom stereocenters. The summed E-state index contributed by atoms with van der Waals surface area (Å²) in [6, 6.07) is 0. The lowest BCUT2D eigenvalue weighted by Gasteiger charge is -1.99. The molecule has 1 N–H and O–H groups in total. The van der Waals surface area contributed by atoms with Gasteiger partial charge in [0.05, 0.1) is 18.1 Å². The predicted octanol–water partition coefficient (Wildman–Crippen LogP) is 2.23. The highest BCUT2D eigenvalue weighted by Crippen LogP contribution is 1.97. The normalized spacial score (nSPS) is 7.18. The smallest absolute Gasteiger partial charge is 0.0933 e. The van der Waals surface area contributed by atoms with Crippen LogP contribution in [0.2, 0.25) is 0 Å². The molecule has 0 heterocycles. The Kier molecular flexibility index (Phi) is 10.3. The first-order valence-corrected chi connectivity index (χ1v) is 3.25. The van der Waals surface area contributed by atoms with Crippen LogP contribution in [-0.4, -0.2) is 11.7 Å². The molecule has 0 aliphatic rings. The average molecular weight is 156 g/mol. The third-order valence-electron chi connectivity index (χ3n) is 0.478. The maximum Gasteiger partial charge on any atom is 0.0933 e. The number of aliphatic hydroxyl groups is 1. The standard InChI is InChI=1S/C6H10O.C3H6O/c1-5(2)7-6(3)4;1-2-3-4/h1,3H2,2,4H3;2,4H,1,3H2. The fourth-order valence-electron chi connectivity index (χ4n) is 0.297. The molecule has 0 spiro atoms. The van der Waals surface area contributed by atoms with E-state index >= 15 is 0 Å². The minimum absolute atomic E-state index is 0.0833. The first kappa shape index (κ1) is 12.6. The van der Waals surface area contributed by atoms with Gasteiger partial charge >= 0.3 is 0 Å². The Bertz CT molecular complexity index is 124. The summed E-state index contributed by atoms with van der Waals surface area (Å²) in [5.41, 5.74) is 0. The molecule has 0 radical (unpaired) electrons. The van der Waals surface area contributed by atoms with E-state index in [9.17, 15) is 0 Å². The first-order valence-electron chi connectivity index (χ1n) is 3.25. The largest absolute Gasteiger partial charge is 0.468 e. The van der Waals surface area contributed by atoms with Gasteiger partial charge in [-0.15, -0.1) is 6.58 Å². The molecule has 0 atom stereocenters. The van der Waals surface area contributed by atoms with Crippen molar-refractivity contribution in [3.05, 3.63) is 37.3 Å². The number of hydrogen-bond acceptors (Lipinski definition) is 2. The highest BCUT2D eigenvalue weighted by molar-refractivity contribution is 4.85.